The minimum absolute atomic E-state index is 0.0260. The van der Waals surface area contributed by atoms with Crippen molar-refractivity contribution in [2.75, 3.05) is 6.54 Å². The van der Waals surface area contributed by atoms with Gasteiger partial charge >= 0.3 is 0 Å². The number of unbranched alkanes of at least 4 members (excludes halogenated alkanes) is 2. The van der Waals surface area contributed by atoms with Crippen molar-refractivity contribution >= 4 is 40.9 Å². The fraction of sp³-hybridized carbons (Fsp3) is 0.500. The fourth-order valence-electron chi connectivity index (χ4n) is 2.39. The first-order valence-electron chi connectivity index (χ1n) is 8.81. The molecule has 0 radical (unpaired) electrons. The first kappa shape index (κ1) is 23.2. The normalized spacial score (nSPS) is 11.6. The molecule has 1 aromatic carbocycles. The molecule has 3 amide bonds. The van der Waals surface area contributed by atoms with Crippen LogP contribution in [0.15, 0.2) is 18.2 Å². The molecule has 4 N–H and O–H groups in total. The maximum absolute atomic E-state index is 12.3. The summed E-state index contributed by atoms with van der Waals surface area (Å²) in [4.78, 5) is 35.9. The van der Waals surface area contributed by atoms with E-state index in [4.69, 9.17) is 28.4 Å². The van der Waals surface area contributed by atoms with Crippen LogP contribution in [-0.2, 0) is 20.8 Å². The predicted octanol–water partition coefficient (Wildman–Crippen LogP) is 2.61. The van der Waals surface area contributed by atoms with E-state index in [1.165, 1.54) is 11.5 Å². The van der Waals surface area contributed by atoms with Gasteiger partial charge in [0.05, 0.1) is 6.42 Å². The summed E-state index contributed by atoms with van der Waals surface area (Å²) in [5.74, 6) is -1.40. The number of carbonyl (C=O) groups excluding carboxylic acids is 3. The van der Waals surface area contributed by atoms with Gasteiger partial charge in [0.25, 0.3) is 0 Å². The van der Waals surface area contributed by atoms with E-state index in [0.29, 0.717) is 22.2 Å². The van der Waals surface area contributed by atoms with E-state index in [1.54, 1.807) is 12.1 Å². The first-order valence-corrected chi connectivity index (χ1v) is 9.56. The minimum Gasteiger partial charge on any atom is -0.354 e. The molecule has 1 aromatic rings. The van der Waals surface area contributed by atoms with E-state index < -0.39 is 17.9 Å². The van der Waals surface area contributed by atoms with Crippen molar-refractivity contribution in [3.05, 3.63) is 33.8 Å². The van der Waals surface area contributed by atoms with Crippen LogP contribution in [-0.4, -0.2) is 35.5 Å². The van der Waals surface area contributed by atoms with Gasteiger partial charge in [0.15, 0.2) is 0 Å². The number of benzene rings is 1. The maximum atomic E-state index is 12.3. The van der Waals surface area contributed by atoms with Crippen LogP contribution in [0.4, 0.5) is 0 Å². The van der Waals surface area contributed by atoms with Crippen LogP contribution in [0.1, 0.15) is 44.6 Å². The maximum Gasteiger partial charge on any atom is 0.243 e. The summed E-state index contributed by atoms with van der Waals surface area (Å²) in [5.41, 5.74) is 2.09. The molecule has 0 aliphatic rings. The molecule has 27 heavy (non-hydrogen) atoms. The Hall–Kier alpha value is -1.83. The summed E-state index contributed by atoms with van der Waals surface area (Å²) in [6.45, 7) is 2.55. The van der Waals surface area contributed by atoms with E-state index in [2.05, 4.69) is 17.6 Å². The predicted molar refractivity (Wildman–Crippen MR) is 104 cm³/mol. The van der Waals surface area contributed by atoms with E-state index in [9.17, 15) is 14.4 Å². The van der Waals surface area contributed by atoms with Crippen molar-refractivity contribution in [2.45, 2.75) is 51.5 Å². The van der Waals surface area contributed by atoms with Crippen LogP contribution < -0.4 is 16.1 Å². The van der Waals surface area contributed by atoms with Gasteiger partial charge in [-0.1, -0.05) is 49.0 Å². The molecule has 0 unspecified atom stereocenters. The minimum atomic E-state index is -0.887. The van der Waals surface area contributed by atoms with Crippen LogP contribution in [0.2, 0.25) is 10.0 Å². The van der Waals surface area contributed by atoms with Gasteiger partial charge in [0.2, 0.25) is 17.7 Å². The van der Waals surface area contributed by atoms with Gasteiger partial charge in [-0.15, -0.1) is 0 Å². The van der Waals surface area contributed by atoms with Crippen molar-refractivity contribution < 1.29 is 19.6 Å². The number of hydrogen-bond donors (Lipinski definition) is 4. The van der Waals surface area contributed by atoms with Gasteiger partial charge in [0, 0.05) is 23.0 Å². The zero-order valence-electron chi connectivity index (χ0n) is 15.2. The second kappa shape index (κ2) is 12.5. The molecule has 1 rings (SSSR count). The number of halogens is 2. The zero-order chi connectivity index (χ0) is 20.2. The third-order valence-corrected chi connectivity index (χ3v) is 4.47. The van der Waals surface area contributed by atoms with Crippen LogP contribution in [0.5, 0.6) is 0 Å². The fourth-order valence-corrected chi connectivity index (χ4v) is 2.87. The monoisotopic (exact) mass is 417 g/mol. The van der Waals surface area contributed by atoms with Crippen LogP contribution in [0.3, 0.4) is 0 Å². The van der Waals surface area contributed by atoms with E-state index in [1.807, 2.05) is 0 Å². The molecule has 0 heterocycles. The number of rotatable bonds is 11. The molecular formula is C18H25Cl2N3O4. The van der Waals surface area contributed by atoms with Crippen molar-refractivity contribution in [3.8, 4) is 0 Å². The Bertz CT molecular complexity index is 655. The quantitative estimate of drug-likeness (QED) is 0.252. The molecule has 0 bridgehead atoms. The highest BCUT2D eigenvalue weighted by Crippen LogP contribution is 2.21. The average Bonchev–Trinajstić information content (AvgIpc) is 2.64. The summed E-state index contributed by atoms with van der Waals surface area (Å²) in [6, 6.07) is 3.92. The van der Waals surface area contributed by atoms with Crippen molar-refractivity contribution in [1.82, 2.24) is 16.1 Å². The lowest BCUT2D eigenvalue weighted by atomic mass is 10.1. The van der Waals surface area contributed by atoms with Gasteiger partial charge in [-0.2, -0.15) is 0 Å². The van der Waals surface area contributed by atoms with Gasteiger partial charge in [-0.25, -0.2) is 5.48 Å². The molecule has 7 nitrogen and oxygen atoms in total. The summed E-state index contributed by atoms with van der Waals surface area (Å²) < 4.78 is 0. The van der Waals surface area contributed by atoms with Gasteiger partial charge in [0.1, 0.15) is 6.04 Å². The number of amides is 3. The zero-order valence-corrected chi connectivity index (χ0v) is 16.7. The number of hydrogen-bond acceptors (Lipinski definition) is 4. The Morgan fingerprint density at radius 2 is 1.89 bits per heavy atom. The van der Waals surface area contributed by atoms with Crippen LogP contribution in [0.25, 0.3) is 0 Å². The molecule has 9 heteroatoms. The summed E-state index contributed by atoms with van der Waals surface area (Å²) in [7, 11) is 0. The lowest BCUT2D eigenvalue weighted by Crippen LogP contribution is -2.47. The number of nitrogens with one attached hydrogen (secondary N) is 3. The second-order valence-corrected chi connectivity index (χ2v) is 6.95. The van der Waals surface area contributed by atoms with Crippen molar-refractivity contribution in [2.24, 2.45) is 0 Å². The lowest BCUT2D eigenvalue weighted by molar-refractivity contribution is -0.131. The van der Waals surface area contributed by atoms with Gasteiger partial charge in [-0.05, 0) is 30.5 Å². The van der Waals surface area contributed by atoms with Crippen LogP contribution >= 0.6 is 23.2 Å². The van der Waals surface area contributed by atoms with Gasteiger partial charge in [-0.3, -0.25) is 19.6 Å². The molecule has 0 fully saturated rings. The van der Waals surface area contributed by atoms with E-state index >= 15 is 0 Å². The van der Waals surface area contributed by atoms with Crippen LogP contribution in [0, 0.1) is 0 Å². The Labute approximate surface area is 168 Å². The van der Waals surface area contributed by atoms with Crippen molar-refractivity contribution in [1.29, 1.82) is 0 Å². The highest BCUT2D eigenvalue weighted by molar-refractivity contribution is 6.35. The Morgan fingerprint density at radius 3 is 2.52 bits per heavy atom. The molecule has 150 valence electrons. The largest absolute Gasteiger partial charge is 0.354 e. The second-order valence-electron chi connectivity index (χ2n) is 6.10. The summed E-state index contributed by atoms with van der Waals surface area (Å²) in [5, 5.41) is 14.8. The molecule has 0 spiro atoms. The third kappa shape index (κ3) is 9.08. The SMILES string of the molecule is CCCCCNC(=O)[C@H](CCC(=O)NO)NC(=O)Cc1ccc(Cl)cc1Cl. The Balaban J connectivity index is 2.68. The molecule has 1 atom stereocenters. The smallest absolute Gasteiger partial charge is 0.243 e. The first-order chi connectivity index (χ1) is 12.9. The molecule has 0 aliphatic carbocycles. The number of carbonyl (C=O) groups is 3. The lowest BCUT2D eigenvalue weighted by Gasteiger charge is -2.18. The Morgan fingerprint density at radius 1 is 1.15 bits per heavy atom. The van der Waals surface area contributed by atoms with Gasteiger partial charge < -0.3 is 10.6 Å². The highest BCUT2D eigenvalue weighted by atomic mass is 35.5. The summed E-state index contributed by atoms with van der Waals surface area (Å²) in [6.07, 6.45) is 2.77. The molecular weight excluding hydrogens is 393 g/mol. The third-order valence-electron chi connectivity index (χ3n) is 3.88. The van der Waals surface area contributed by atoms with E-state index in [-0.39, 0.29) is 25.2 Å². The van der Waals surface area contributed by atoms with E-state index in [0.717, 1.165) is 19.3 Å². The summed E-state index contributed by atoms with van der Waals surface area (Å²) >= 11 is 11.9. The number of hydroxylamine groups is 1. The molecule has 0 aromatic heterocycles. The molecule has 0 saturated heterocycles. The molecule has 0 saturated carbocycles. The Kier molecular flexibility index (Phi) is 10.8. The van der Waals surface area contributed by atoms with Crippen molar-refractivity contribution in [3.63, 3.8) is 0 Å². The molecule has 0 aliphatic heterocycles. The standard InChI is InChI=1S/C18H25Cl2N3O4/c1-2-3-4-9-21-18(26)15(7-8-16(24)23-27)22-17(25)10-12-5-6-13(19)11-14(12)20/h5-6,11,15,27H,2-4,7-10H2,1H3,(H,21,26)(H,22,25)(H,23,24)/t15-/m0/s1. The topological polar surface area (TPSA) is 108 Å². The average molecular weight is 418 g/mol. The highest BCUT2D eigenvalue weighted by Gasteiger charge is 2.22.